The number of rotatable bonds is 7. The van der Waals surface area contributed by atoms with E-state index in [2.05, 4.69) is 27.8 Å². The average molecular weight is 337 g/mol. The zero-order valence-electron chi connectivity index (χ0n) is 13.9. The van der Waals surface area contributed by atoms with E-state index in [4.69, 9.17) is 4.74 Å². The molecule has 0 aliphatic carbocycles. The van der Waals surface area contributed by atoms with Crippen molar-refractivity contribution in [2.24, 2.45) is 0 Å². The predicted molar refractivity (Wildman–Crippen MR) is 94.0 cm³/mol. The van der Waals surface area contributed by atoms with Gasteiger partial charge in [0.1, 0.15) is 12.1 Å². The largest absolute Gasteiger partial charge is 0.494 e. The Bertz CT molecular complexity index is 816. The smallest absolute Gasteiger partial charge is 0.255 e. The molecule has 7 heteroatoms. The highest BCUT2D eigenvalue weighted by Crippen LogP contribution is 2.17. The molecule has 1 heterocycles. The van der Waals surface area contributed by atoms with Crippen molar-refractivity contribution in [3.8, 4) is 11.4 Å². The summed E-state index contributed by atoms with van der Waals surface area (Å²) in [6.45, 7) is 2.76. The monoisotopic (exact) mass is 337 g/mol. The number of nitrogens with zero attached hydrogens (tertiary/aromatic N) is 4. The fourth-order valence-electron chi connectivity index (χ4n) is 2.24. The van der Waals surface area contributed by atoms with Crippen molar-refractivity contribution in [3.63, 3.8) is 0 Å². The van der Waals surface area contributed by atoms with Crippen molar-refractivity contribution in [1.82, 2.24) is 20.2 Å². The third kappa shape index (κ3) is 4.41. The van der Waals surface area contributed by atoms with Gasteiger partial charge in [-0.05, 0) is 59.3 Å². The summed E-state index contributed by atoms with van der Waals surface area (Å²) in [5.41, 5.74) is 2.06. The summed E-state index contributed by atoms with van der Waals surface area (Å²) < 4.78 is 7.19. The number of hydrogen-bond acceptors (Lipinski definition) is 5. The highest BCUT2D eigenvalue weighted by molar-refractivity contribution is 6.04. The lowest BCUT2D eigenvalue weighted by atomic mass is 10.2. The molecule has 1 aromatic heterocycles. The Balaban J connectivity index is 1.64. The number of hydrogen-bond donors (Lipinski definition) is 1. The molecule has 0 radical (unpaired) electrons. The first kappa shape index (κ1) is 16.6. The summed E-state index contributed by atoms with van der Waals surface area (Å²) in [4.78, 5) is 12.4. The molecule has 128 valence electrons. The molecule has 0 fully saturated rings. The van der Waals surface area contributed by atoms with Crippen LogP contribution in [0.25, 0.3) is 5.69 Å². The Kier molecular flexibility index (Phi) is 5.36. The number of carbonyl (C=O) groups excluding carboxylic acids is 1. The molecule has 0 saturated heterocycles. The number of amides is 1. The van der Waals surface area contributed by atoms with Crippen molar-refractivity contribution >= 4 is 11.6 Å². The van der Waals surface area contributed by atoms with Gasteiger partial charge in [-0.25, -0.2) is 4.68 Å². The van der Waals surface area contributed by atoms with Crippen molar-refractivity contribution in [2.75, 3.05) is 11.9 Å². The number of ether oxygens (including phenoxy) is 1. The molecule has 25 heavy (non-hydrogen) atoms. The van der Waals surface area contributed by atoms with E-state index in [0.29, 0.717) is 23.6 Å². The summed E-state index contributed by atoms with van der Waals surface area (Å²) in [5.74, 6) is 0.520. The lowest BCUT2D eigenvalue weighted by Gasteiger charge is -2.09. The third-order valence-electron chi connectivity index (χ3n) is 3.60. The van der Waals surface area contributed by atoms with E-state index in [0.717, 1.165) is 18.5 Å². The maximum Gasteiger partial charge on any atom is 0.255 e. The van der Waals surface area contributed by atoms with Crippen LogP contribution in [0.5, 0.6) is 5.75 Å². The van der Waals surface area contributed by atoms with Gasteiger partial charge in [0.15, 0.2) is 0 Å². The van der Waals surface area contributed by atoms with Crippen LogP contribution in [0.15, 0.2) is 54.9 Å². The minimum atomic E-state index is -0.184. The van der Waals surface area contributed by atoms with Crippen molar-refractivity contribution < 1.29 is 9.53 Å². The molecule has 1 N–H and O–H groups in total. The fraction of sp³-hybridized carbons (Fsp3) is 0.222. The van der Waals surface area contributed by atoms with Gasteiger partial charge >= 0.3 is 0 Å². The number of carbonyl (C=O) groups is 1. The number of anilines is 1. The molecule has 3 rings (SSSR count). The summed E-state index contributed by atoms with van der Waals surface area (Å²) in [6.07, 6.45) is 3.57. The molecule has 2 aromatic carbocycles. The van der Waals surface area contributed by atoms with Crippen LogP contribution < -0.4 is 10.1 Å². The van der Waals surface area contributed by atoms with Gasteiger partial charge in [-0.3, -0.25) is 4.79 Å². The Labute approximate surface area is 145 Å². The molecule has 0 saturated carbocycles. The van der Waals surface area contributed by atoms with E-state index in [1.54, 1.807) is 28.9 Å². The standard InChI is InChI=1S/C18H19N5O2/c1-2-3-11-25-17-6-4-5-14(12-17)18(24)20-15-7-9-16(10-8-15)23-13-19-21-22-23/h4-10,12-13H,2-3,11H2,1H3,(H,20,24). The van der Waals surface area contributed by atoms with Crippen LogP contribution in [0.1, 0.15) is 30.1 Å². The van der Waals surface area contributed by atoms with Gasteiger partial charge in [-0.1, -0.05) is 19.4 Å². The average Bonchev–Trinajstić information content (AvgIpc) is 3.17. The van der Waals surface area contributed by atoms with Crippen LogP contribution in [-0.2, 0) is 0 Å². The normalized spacial score (nSPS) is 10.4. The Morgan fingerprint density at radius 1 is 1.20 bits per heavy atom. The zero-order valence-corrected chi connectivity index (χ0v) is 13.9. The Morgan fingerprint density at radius 3 is 2.76 bits per heavy atom. The highest BCUT2D eigenvalue weighted by atomic mass is 16.5. The number of benzene rings is 2. The first-order valence-corrected chi connectivity index (χ1v) is 8.14. The van der Waals surface area contributed by atoms with Gasteiger partial charge in [-0.2, -0.15) is 0 Å². The molecule has 0 bridgehead atoms. The molecule has 0 unspecified atom stereocenters. The quantitative estimate of drug-likeness (QED) is 0.670. The van der Waals surface area contributed by atoms with Gasteiger partial charge < -0.3 is 10.1 Å². The minimum Gasteiger partial charge on any atom is -0.494 e. The van der Waals surface area contributed by atoms with Crippen molar-refractivity contribution in [1.29, 1.82) is 0 Å². The van der Waals surface area contributed by atoms with Crippen LogP contribution in [0, 0.1) is 0 Å². The molecule has 3 aromatic rings. The first-order valence-electron chi connectivity index (χ1n) is 8.14. The van der Waals surface area contributed by atoms with Crippen molar-refractivity contribution in [2.45, 2.75) is 19.8 Å². The Hall–Kier alpha value is -3.22. The van der Waals surface area contributed by atoms with Gasteiger partial charge in [0.05, 0.1) is 12.3 Å². The van der Waals surface area contributed by atoms with E-state index in [1.807, 2.05) is 24.3 Å². The van der Waals surface area contributed by atoms with Gasteiger partial charge in [0.2, 0.25) is 0 Å². The first-order chi connectivity index (χ1) is 12.3. The molecule has 0 spiro atoms. The topological polar surface area (TPSA) is 81.9 Å². The number of nitrogens with one attached hydrogen (secondary N) is 1. The maximum absolute atomic E-state index is 12.4. The van der Waals surface area contributed by atoms with E-state index >= 15 is 0 Å². The lowest BCUT2D eigenvalue weighted by Crippen LogP contribution is -2.12. The van der Waals surface area contributed by atoms with Crippen LogP contribution in [0.2, 0.25) is 0 Å². The second-order valence-electron chi connectivity index (χ2n) is 5.49. The molecule has 1 amide bonds. The number of tetrazole rings is 1. The zero-order chi connectivity index (χ0) is 17.5. The molecule has 7 nitrogen and oxygen atoms in total. The third-order valence-corrected chi connectivity index (χ3v) is 3.60. The Morgan fingerprint density at radius 2 is 2.04 bits per heavy atom. The van der Waals surface area contributed by atoms with Crippen LogP contribution >= 0.6 is 0 Å². The fourth-order valence-corrected chi connectivity index (χ4v) is 2.24. The summed E-state index contributed by atoms with van der Waals surface area (Å²) in [7, 11) is 0. The summed E-state index contributed by atoms with van der Waals surface area (Å²) >= 11 is 0. The van der Waals surface area contributed by atoms with E-state index in [-0.39, 0.29) is 5.91 Å². The SMILES string of the molecule is CCCCOc1cccc(C(=O)Nc2ccc(-n3cnnn3)cc2)c1. The molecule has 0 atom stereocenters. The molecular formula is C18H19N5O2. The van der Waals surface area contributed by atoms with Crippen LogP contribution in [-0.4, -0.2) is 32.7 Å². The lowest BCUT2D eigenvalue weighted by molar-refractivity contribution is 0.102. The summed E-state index contributed by atoms with van der Waals surface area (Å²) in [6, 6.07) is 14.4. The number of aromatic nitrogens is 4. The minimum absolute atomic E-state index is 0.184. The summed E-state index contributed by atoms with van der Waals surface area (Å²) in [5, 5.41) is 13.9. The second-order valence-corrected chi connectivity index (χ2v) is 5.49. The van der Waals surface area contributed by atoms with Crippen molar-refractivity contribution in [3.05, 3.63) is 60.4 Å². The van der Waals surface area contributed by atoms with Gasteiger partial charge in [0, 0.05) is 11.3 Å². The number of unbranched alkanes of at least 4 members (excludes halogenated alkanes) is 1. The molecule has 0 aliphatic heterocycles. The van der Waals surface area contributed by atoms with Crippen LogP contribution in [0.3, 0.4) is 0 Å². The van der Waals surface area contributed by atoms with E-state index in [1.165, 1.54) is 6.33 Å². The van der Waals surface area contributed by atoms with E-state index in [9.17, 15) is 4.79 Å². The van der Waals surface area contributed by atoms with Gasteiger partial charge in [-0.15, -0.1) is 5.10 Å². The molecule has 0 aliphatic rings. The predicted octanol–water partition coefficient (Wildman–Crippen LogP) is 3.09. The molecular weight excluding hydrogens is 318 g/mol. The van der Waals surface area contributed by atoms with E-state index < -0.39 is 0 Å². The highest BCUT2D eigenvalue weighted by Gasteiger charge is 2.08. The van der Waals surface area contributed by atoms with Crippen LogP contribution in [0.4, 0.5) is 5.69 Å². The van der Waals surface area contributed by atoms with Gasteiger partial charge in [0.25, 0.3) is 5.91 Å². The second kappa shape index (κ2) is 8.05. The maximum atomic E-state index is 12.4.